The van der Waals surface area contributed by atoms with Crippen LogP contribution in [0.5, 0.6) is 0 Å². The Morgan fingerprint density at radius 3 is 2.57 bits per heavy atom. The summed E-state index contributed by atoms with van der Waals surface area (Å²) in [6.45, 7) is 0. The molecule has 4 atom stereocenters. The molecule has 2 fully saturated rings. The zero-order chi connectivity index (χ0) is 10.3. The Hall–Kier alpha value is -0.610. The summed E-state index contributed by atoms with van der Waals surface area (Å²) in [5.74, 6) is 0.0357. The molecular weight excluding hydrogens is 182 g/mol. The molecule has 0 radical (unpaired) electrons. The predicted octanol–water partition coefficient (Wildman–Crippen LogP) is -0.226. The molecule has 80 valence electrons. The van der Waals surface area contributed by atoms with Gasteiger partial charge in [-0.3, -0.25) is 4.79 Å². The number of carbonyl (C=O) groups is 1. The quantitative estimate of drug-likeness (QED) is 0.545. The van der Waals surface area contributed by atoms with Gasteiger partial charge in [-0.2, -0.15) is 0 Å². The van der Waals surface area contributed by atoms with Crippen LogP contribution in [0.4, 0.5) is 0 Å². The minimum Gasteiger partial charge on any atom is -0.393 e. The van der Waals surface area contributed by atoms with Crippen molar-refractivity contribution in [1.82, 2.24) is 0 Å². The zero-order valence-corrected chi connectivity index (χ0v) is 8.15. The van der Waals surface area contributed by atoms with Gasteiger partial charge in [0.2, 0.25) is 5.91 Å². The normalized spacial score (nSPS) is 47.4. The minimum atomic E-state index is -1.31. The van der Waals surface area contributed by atoms with Crippen molar-refractivity contribution in [3.05, 3.63) is 0 Å². The first-order valence-electron chi connectivity index (χ1n) is 5.21. The van der Waals surface area contributed by atoms with E-state index in [0.717, 1.165) is 12.8 Å². The summed E-state index contributed by atoms with van der Waals surface area (Å²) < 4.78 is 0. The van der Waals surface area contributed by atoms with E-state index in [4.69, 9.17) is 5.73 Å². The number of rotatable bonds is 1. The van der Waals surface area contributed by atoms with Crippen LogP contribution in [0.3, 0.4) is 0 Å². The number of hydrogen-bond donors (Lipinski definition) is 3. The van der Waals surface area contributed by atoms with Crippen LogP contribution in [-0.4, -0.2) is 27.8 Å². The van der Waals surface area contributed by atoms with Crippen LogP contribution >= 0.6 is 0 Å². The van der Waals surface area contributed by atoms with Crippen molar-refractivity contribution in [2.24, 2.45) is 17.6 Å². The fraction of sp³-hybridized carbons (Fsp3) is 0.900. The first-order chi connectivity index (χ1) is 6.51. The van der Waals surface area contributed by atoms with Crippen molar-refractivity contribution in [3.8, 4) is 0 Å². The van der Waals surface area contributed by atoms with Crippen LogP contribution in [0.2, 0.25) is 0 Å². The van der Waals surface area contributed by atoms with Gasteiger partial charge in [0.15, 0.2) is 0 Å². The van der Waals surface area contributed by atoms with Gasteiger partial charge in [0.1, 0.15) is 5.60 Å². The Labute approximate surface area is 83.1 Å². The highest BCUT2D eigenvalue weighted by Crippen LogP contribution is 2.46. The maximum Gasteiger partial charge on any atom is 0.249 e. The van der Waals surface area contributed by atoms with Crippen molar-refractivity contribution in [1.29, 1.82) is 0 Å². The Morgan fingerprint density at radius 2 is 1.93 bits per heavy atom. The molecule has 0 heterocycles. The fourth-order valence-electron chi connectivity index (χ4n) is 2.97. The molecule has 0 saturated heterocycles. The van der Waals surface area contributed by atoms with E-state index >= 15 is 0 Å². The second-order valence-corrected chi connectivity index (χ2v) is 4.79. The minimum absolute atomic E-state index is 0.258. The molecular formula is C10H17NO3. The van der Waals surface area contributed by atoms with Gasteiger partial charge in [-0.1, -0.05) is 0 Å². The van der Waals surface area contributed by atoms with Crippen LogP contribution in [0.15, 0.2) is 0 Å². The molecule has 4 heteroatoms. The van der Waals surface area contributed by atoms with Crippen molar-refractivity contribution in [2.45, 2.75) is 43.8 Å². The van der Waals surface area contributed by atoms with E-state index in [9.17, 15) is 15.0 Å². The van der Waals surface area contributed by atoms with Crippen molar-refractivity contribution >= 4 is 5.91 Å². The summed E-state index contributed by atoms with van der Waals surface area (Å²) >= 11 is 0. The molecule has 0 spiro atoms. The lowest BCUT2D eigenvalue weighted by Crippen LogP contribution is -2.41. The third-order valence-corrected chi connectivity index (χ3v) is 3.77. The molecule has 0 aliphatic heterocycles. The monoisotopic (exact) mass is 199 g/mol. The molecule has 2 unspecified atom stereocenters. The van der Waals surface area contributed by atoms with Crippen LogP contribution in [0, 0.1) is 11.8 Å². The smallest absolute Gasteiger partial charge is 0.249 e. The van der Waals surface area contributed by atoms with E-state index in [1.54, 1.807) is 0 Å². The zero-order valence-electron chi connectivity index (χ0n) is 8.15. The number of primary amides is 1. The van der Waals surface area contributed by atoms with Gasteiger partial charge in [0.25, 0.3) is 0 Å². The molecule has 2 rings (SSSR count). The summed E-state index contributed by atoms with van der Waals surface area (Å²) in [6.07, 6.45) is 3.06. The van der Waals surface area contributed by atoms with E-state index in [2.05, 4.69) is 0 Å². The van der Waals surface area contributed by atoms with E-state index in [0.29, 0.717) is 25.2 Å². The SMILES string of the molecule is NC(=O)[C@@]1(O)CC2CCC(O)C[C@H]2C1. The molecule has 0 bridgehead atoms. The number of aliphatic hydroxyl groups excluding tert-OH is 1. The molecule has 2 saturated carbocycles. The van der Waals surface area contributed by atoms with Crippen molar-refractivity contribution in [2.75, 3.05) is 0 Å². The van der Waals surface area contributed by atoms with Gasteiger partial charge in [-0.05, 0) is 43.9 Å². The summed E-state index contributed by atoms with van der Waals surface area (Å²) in [4.78, 5) is 11.1. The Kier molecular flexibility index (Phi) is 2.27. The average Bonchev–Trinajstić information content (AvgIpc) is 2.42. The maximum atomic E-state index is 11.1. The number of carbonyl (C=O) groups excluding carboxylic acids is 1. The van der Waals surface area contributed by atoms with Gasteiger partial charge in [-0.15, -0.1) is 0 Å². The molecule has 14 heavy (non-hydrogen) atoms. The second-order valence-electron chi connectivity index (χ2n) is 4.79. The number of nitrogens with two attached hydrogens (primary N) is 1. The Bertz CT molecular complexity index is 256. The number of aliphatic hydroxyl groups is 2. The molecule has 2 aliphatic carbocycles. The van der Waals surface area contributed by atoms with Crippen LogP contribution in [-0.2, 0) is 4.79 Å². The lowest BCUT2D eigenvalue weighted by atomic mass is 9.80. The Balaban J connectivity index is 2.08. The van der Waals surface area contributed by atoms with E-state index in [1.807, 2.05) is 0 Å². The standard InChI is InChI=1S/C10H17NO3/c11-9(13)10(14)4-6-1-2-8(12)3-7(6)5-10/h6-8,12,14H,1-5H2,(H2,11,13)/t6?,7-,8?,10+/m0/s1. The predicted molar refractivity (Wildman–Crippen MR) is 50.2 cm³/mol. The van der Waals surface area contributed by atoms with Crippen LogP contribution < -0.4 is 5.73 Å². The number of amides is 1. The molecule has 2 aliphatic rings. The summed E-state index contributed by atoms with van der Waals surface area (Å²) in [7, 11) is 0. The lowest BCUT2D eigenvalue weighted by Gasteiger charge is -2.28. The summed E-state index contributed by atoms with van der Waals surface area (Å²) in [6, 6.07) is 0. The highest BCUT2D eigenvalue weighted by Gasteiger charge is 2.49. The average molecular weight is 199 g/mol. The highest BCUT2D eigenvalue weighted by atomic mass is 16.3. The molecule has 0 aromatic heterocycles. The largest absolute Gasteiger partial charge is 0.393 e. The van der Waals surface area contributed by atoms with E-state index < -0.39 is 11.5 Å². The van der Waals surface area contributed by atoms with Crippen LogP contribution in [0.25, 0.3) is 0 Å². The van der Waals surface area contributed by atoms with Gasteiger partial charge >= 0.3 is 0 Å². The topological polar surface area (TPSA) is 83.6 Å². The van der Waals surface area contributed by atoms with Gasteiger partial charge < -0.3 is 15.9 Å². The third kappa shape index (κ3) is 1.53. The summed E-state index contributed by atoms with van der Waals surface area (Å²) in [5, 5.41) is 19.4. The molecule has 0 aromatic rings. The summed E-state index contributed by atoms with van der Waals surface area (Å²) in [5.41, 5.74) is 3.86. The lowest BCUT2D eigenvalue weighted by molar-refractivity contribution is -0.136. The van der Waals surface area contributed by atoms with Gasteiger partial charge in [0.05, 0.1) is 6.10 Å². The molecule has 0 aromatic carbocycles. The first kappa shape index (κ1) is 9.93. The highest BCUT2D eigenvalue weighted by molar-refractivity contribution is 5.83. The third-order valence-electron chi connectivity index (χ3n) is 3.77. The van der Waals surface area contributed by atoms with E-state index in [1.165, 1.54) is 0 Å². The van der Waals surface area contributed by atoms with Gasteiger partial charge in [-0.25, -0.2) is 0 Å². The molecule has 1 amide bonds. The van der Waals surface area contributed by atoms with E-state index in [-0.39, 0.29) is 12.0 Å². The van der Waals surface area contributed by atoms with Gasteiger partial charge in [0, 0.05) is 0 Å². The van der Waals surface area contributed by atoms with Crippen molar-refractivity contribution in [3.63, 3.8) is 0 Å². The molecule has 4 nitrogen and oxygen atoms in total. The fourth-order valence-corrected chi connectivity index (χ4v) is 2.97. The maximum absolute atomic E-state index is 11.1. The number of fused-ring (bicyclic) bond motifs is 1. The molecule has 4 N–H and O–H groups in total. The number of hydrogen-bond acceptors (Lipinski definition) is 3. The second kappa shape index (κ2) is 3.21. The first-order valence-corrected chi connectivity index (χ1v) is 5.21. The Morgan fingerprint density at radius 1 is 1.29 bits per heavy atom. The van der Waals surface area contributed by atoms with Crippen molar-refractivity contribution < 1.29 is 15.0 Å². The van der Waals surface area contributed by atoms with Crippen LogP contribution in [0.1, 0.15) is 32.1 Å².